The average molecular weight is 337 g/mol. The fraction of sp³-hybridized carbons (Fsp3) is 0.333. The second-order valence-corrected chi connectivity index (χ2v) is 6.63. The van der Waals surface area contributed by atoms with Crippen LogP contribution in [0.5, 0.6) is 0 Å². The van der Waals surface area contributed by atoms with Crippen LogP contribution in [0.3, 0.4) is 0 Å². The average Bonchev–Trinajstić information content (AvgIpc) is 2.85. The van der Waals surface area contributed by atoms with Crippen molar-refractivity contribution in [2.75, 3.05) is 11.9 Å². The van der Waals surface area contributed by atoms with E-state index in [0.717, 1.165) is 19.6 Å². The molecule has 0 saturated heterocycles. The third-order valence-corrected chi connectivity index (χ3v) is 5.38. The maximum Gasteiger partial charge on any atom is 0.0418 e. The van der Waals surface area contributed by atoms with E-state index >= 15 is 0 Å². The molecule has 2 nitrogen and oxygen atoms in total. The lowest BCUT2D eigenvalue weighted by atomic mass is 9.99. The van der Waals surface area contributed by atoms with E-state index in [2.05, 4.69) is 56.2 Å². The zero-order valence-corrected chi connectivity index (χ0v) is 13.1. The summed E-state index contributed by atoms with van der Waals surface area (Å²) in [6, 6.07) is 8.73. The lowest BCUT2D eigenvalue weighted by Gasteiger charge is -2.21. The van der Waals surface area contributed by atoms with Crippen molar-refractivity contribution in [3.8, 4) is 0 Å². The van der Waals surface area contributed by atoms with Crippen LogP contribution >= 0.6 is 27.3 Å². The van der Waals surface area contributed by atoms with Crippen LogP contribution in [0.25, 0.3) is 0 Å². The quantitative estimate of drug-likeness (QED) is 0.875. The number of anilines is 1. The molecule has 3 rings (SSSR count). The Morgan fingerprint density at radius 3 is 3.05 bits per heavy atom. The zero-order chi connectivity index (χ0) is 13.1. The van der Waals surface area contributed by atoms with Gasteiger partial charge in [0.15, 0.2) is 0 Å². The molecule has 0 amide bonds. The largest absolute Gasteiger partial charge is 0.385 e. The molecule has 0 radical (unpaired) electrons. The number of hydrogen-bond donors (Lipinski definition) is 2. The second kappa shape index (κ2) is 6.07. The minimum Gasteiger partial charge on any atom is -0.385 e. The van der Waals surface area contributed by atoms with Crippen molar-refractivity contribution in [3.05, 3.63) is 50.1 Å². The fourth-order valence-corrected chi connectivity index (χ4v) is 3.95. The molecule has 100 valence electrons. The van der Waals surface area contributed by atoms with E-state index in [1.807, 2.05) is 0 Å². The van der Waals surface area contributed by atoms with Gasteiger partial charge < -0.3 is 10.6 Å². The number of rotatable bonds is 4. The first kappa shape index (κ1) is 13.2. The van der Waals surface area contributed by atoms with Crippen LogP contribution in [0.15, 0.2) is 34.1 Å². The van der Waals surface area contributed by atoms with Crippen molar-refractivity contribution in [2.45, 2.75) is 25.9 Å². The molecule has 2 N–H and O–H groups in total. The minimum atomic E-state index is 0.917. The number of halogens is 1. The van der Waals surface area contributed by atoms with Gasteiger partial charge in [-0.05, 0) is 51.3 Å². The molecule has 0 saturated carbocycles. The maximum absolute atomic E-state index is 3.57. The summed E-state index contributed by atoms with van der Waals surface area (Å²) in [7, 11) is 0. The molecule has 0 aliphatic carbocycles. The van der Waals surface area contributed by atoms with Crippen LogP contribution in [0.4, 0.5) is 5.69 Å². The molecular weight excluding hydrogens is 320 g/mol. The highest BCUT2D eigenvalue weighted by atomic mass is 79.9. The van der Waals surface area contributed by atoms with E-state index in [-0.39, 0.29) is 0 Å². The molecule has 2 heterocycles. The maximum atomic E-state index is 3.57. The molecule has 1 aromatic heterocycles. The number of thiophene rings is 1. The first-order valence-electron chi connectivity index (χ1n) is 6.62. The van der Waals surface area contributed by atoms with Crippen LogP contribution in [-0.2, 0) is 19.5 Å². The first-order chi connectivity index (χ1) is 9.34. The third kappa shape index (κ3) is 3.02. The Morgan fingerprint density at radius 2 is 2.21 bits per heavy atom. The summed E-state index contributed by atoms with van der Waals surface area (Å²) in [5.74, 6) is 0. The molecule has 0 atom stereocenters. The smallest absolute Gasteiger partial charge is 0.0418 e. The number of fused-ring (bicyclic) bond motifs is 1. The van der Waals surface area contributed by atoms with Crippen molar-refractivity contribution in [1.29, 1.82) is 0 Å². The van der Waals surface area contributed by atoms with Gasteiger partial charge in [0.1, 0.15) is 0 Å². The Morgan fingerprint density at radius 1 is 1.26 bits per heavy atom. The van der Waals surface area contributed by atoms with Crippen LogP contribution in [0.1, 0.15) is 22.4 Å². The van der Waals surface area contributed by atoms with Gasteiger partial charge in [-0.3, -0.25) is 0 Å². The van der Waals surface area contributed by atoms with Gasteiger partial charge in [-0.15, -0.1) is 11.3 Å². The fourth-order valence-electron chi connectivity index (χ4n) is 2.49. The number of aryl methyl sites for hydroxylation is 1. The van der Waals surface area contributed by atoms with E-state index in [1.165, 1.54) is 39.0 Å². The van der Waals surface area contributed by atoms with Gasteiger partial charge in [0.2, 0.25) is 0 Å². The van der Waals surface area contributed by atoms with Gasteiger partial charge in [0.05, 0.1) is 0 Å². The Bertz CT molecular complexity index is 565. The Balaban J connectivity index is 1.66. The summed E-state index contributed by atoms with van der Waals surface area (Å²) in [4.78, 5) is 1.36. The first-order valence-corrected chi connectivity index (χ1v) is 8.29. The Labute approximate surface area is 126 Å². The lowest BCUT2D eigenvalue weighted by Crippen LogP contribution is -2.18. The van der Waals surface area contributed by atoms with Crippen LogP contribution in [0, 0.1) is 0 Å². The molecule has 1 aliphatic rings. The van der Waals surface area contributed by atoms with Crippen LogP contribution in [0.2, 0.25) is 0 Å². The van der Waals surface area contributed by atoms with Gasteiger partial charge in [0.25, 0.3) is 0 Å². The highest BCUT2D eigenvalue weighted by Crippen LogP contribution is 2.26. The van der Waals surface area contributed by atoms with Crippen molar-refractivity contribution >= 4 is 33.0 Å². The van der Waals surface area contributed by atoms with E-state index in [4.69, 9.17) is 0 Å². The standard InChI is InChI=1S/C15H17BrN2S/c16-13-6-8-19-14(13)10-17-9-12-4-1-3-11-5-2-7-18-15(11)12/h1,3-4,6,8,17-18H,2,5,7,9-10H2. The molecule has 19 heavy (non-hydrogen) atoms. The number of para-hydroxylation sites is 1. The summed E-state index contributed by atoms with van der Waals surface area (Å²) in [5.41, 5.74) is 4.19. The summed E-state index contributed by atoms with van der Waals surface area (Å²) in [6.45, 7) is 2.93. The normalized spacial score (nSPS) is 13.9. The molecule has 0 spiro atoms. The van der Waals surface area contributed by atoms with E-state index < -0.39 is 0 Å². The molecular formula is C15H17BrN2S. The molecule has 4 heteroatoms. The van der Waals surface area contributed by atoms with Gasteiger partial charge in [-0.25, -0.2) is 0 Å². The highest BCUT2D eigenvalue weighted by Gasteiger charge is 2.11. The lowest BCUT2D eigenvalue weighted by molar-refractivity contribution is 0.696. The van der Waals surface area contributed by atoms with Crippen LogP contribution in [-0.4, -0.2) is 6.54 Å². The van der Waals surface area contributed by atoms with E-state index in [1.54, 1.807) is 11.3 Å². The predicted molar refractivity (Wildman–Crippen MR) is 85.8 cm³/mol. The molecule has 0 bridgehead atoms. The predicted octanol–water partition coefficient (Wildman–Crippen LogP) is 4.16. The number of benzene rings is 1. The number of nitrogens with one attached hydrogen (secondary N) is 2. The van der Waals surface area contributed by atoms with Gasteiger partial charge in [-0.1, -0.05) is 18.2 Å². The van der Waals surface area contributed by atoms with Crippen molar-refractivity contribution in [3.63, 3.8) is 0 Å². The zero-order valence-electron chi connectivity index (χ0n) is 10.7. The Kier molecular flexibility index (Phi) is 4.21. The molecule has 1 aromatic carbocycles. The SMILES string of the molecule is Brc1ccsc1CNCc1cccc2c1NCCC2. The van der Waals surface area contributed by atoms with E-state index in [9.17, 15) is 0 Å². The molecule has 0 unspecified atom stereocenters. The third-order valence-electron chi connectivity index (χ3n) is 3.45. The van der Waals surface area contributed by atoms with Crippen molar-refractivity contribution in [1.82, 2.24) is 5.32 Å². The van der Waals surface area contributed by atoms with Gasteiger partial charge in [0, 0.05) is 34.7 Å². The monoisotopic (exact) mass is 336 g/mol. The summed E-state index contributed by atoms with van der Waals surface area (Å²) < 4.78 is 1.21. The molecule has 1 aliphatic heterocycles. The van der Waals surface area contributed by atoms with Gasteiger partial charge in [-0.2, -0.15) is 0 Å². The minimum absolute atomic E-state index is 0.917. The summed E-state index contributed by atoms with van der Waals surface area (Å²) in [5, 5.41) is 9.19. The molecule has 0 fully saturated rings. The van der Waals surface area contributed by atoms with E-state index in [0.29, 0.717) is 0 Å². The van der Waals surface area contributed by atoms with Gasteiger partial charge >= 0.3 is 0 Å². The topological polar surface area (TPSA) is 24.1 Å². The second-order valence-electron chi connectivity index (χ2n) is 4.78. The summed E-state index contributed by atoms with van der Waals surface area (Å²) in [6.07, 6.45) is 2.44. The Hall–Kier alpha value is -0.840. The molecule has 2 aromatic rings. The van der Waals surface area contributed by atoms with Crippen LogP contribution < -0.4 is 10.6 Å². The summed E-state index contributed by atoms with van der Waals surface area (Å²) >= 11 is 5.36. The highest BCUT2D eigenvalue weighted by molar-refractivity contribution is 9.10. The number of hydrogen-bond acceptors (Lipinski definition) is 3. The van der Waals surface area contributed by atoms with Crippen molar-refractivity contribution in [2.24, 2.45) is 0 Å². The van der Waals surface area contributed by atoms with Crippen molar-refractivity contribution < 1.29 is 0 Å².